The highest BCUT2D eigenvalue weighted by atomic mass is 19.4. The Balaban J connectivity index is 0.000000708. The number of nitrogens with zero attached hydrogens (tertiary/aromatic N) is 2. The van der Waals surface area contributed by atoms with Crippen LogP contribution < -0.4 is 19.5 Å². The highest BCUT2D eigenvalue weighted by Crippen LogP contribution is 2.38. The maximum Gasteiger partial charge on any atom is 0.490 e. The zero-order chi connectivity index (χ0) is 29.9. The smallest absolute Gasteiger partial charge is 0.490 e. The number of benzene rings is 2. The van der Waals surface area contributed by atoms with Crippen LogP contribution in [0.2, 0.25) is 0 Å². The van der Waals surface area contributed by atoms with Gasteiger partial charge >= 0.3 is 12.1 Å². The number of halogens is 3. The Hall–Kier alpha value is -4.00. The molecule has 1 heterocycles. The fourth-order valence-corrected chi connectivity index (χ4v) is 4.00. The maximum absolute atomic E-state index is 13.7. The van der Waals surface area contributed by atoms with Gasteiger partial charge in [-0.2, -0.15) is 13.2 Å². The summed E-state index contributed by atoms with van der Waals surface area (Å²) in [4.78, 5) is 39.0. The number of piperazine rings is 1. The van der Waals surface area contributed by atoms with Gasteiger partial charge in [-0.3, -0.25) is 9.59 Å². The zero-order valence-electron chi connectivity index (χ0n) is 22.8. The molecule has 220 valence electrons. The Bertz CT molecular complexity index is 1110. The van der Waals surface area contributed by atoms with Crippen molar-refractivity contribution in [2.24, 2.45) is 0 Å². The number of carbonyl (C=O) groups excluding carboxylic acids is 2. The summed E-state index contributed by atoms with van der Waals surface area (Å²) in [7, 11) is 4.53. The number of alkyl halides is 3. The molecule has 0 spiro atoms. The summed E-state index contributed by atoms with van der Waals surface area (Å²) in [5.74, 6) is -1.83. The van der Waals surface area contributed by atoms with Crippen molar-refractivity contribution in [3.8, 4) is 17.2 Å². The molecule has 2 N–H and O–H groups in total. The molecule has 1 fully saturated rings. The summed E-state index contributed by atoms with van der Waals surface area (Å²) < 4.78 is 48.0. The molecule has 1 aliphatic rings. The standard InChI is InChI=1S/C25H33N3O5.C2HF3O2/c1-18(19-8-6-5-7-9-19)16-28(17-23(29)27-12-10-26-11-13-27)25(30)20-14-21(31-2)24(33-4)22(15-20)32-3;3-2(4,5)1(6)7/h5-9,14-15,18,26H,10-13,16-17H2,1-4H3;(H,6,7). The molecule has 10 nitrogen and oxygen atoms in total. The van der Waals surface area contributed by atoms with Gasteiger partial charge in [-0.1, -0.05) is 37.3 Å². The normalized spacial score (nSPS) is 13.8. The van der Waals surface area contributed by atoms with Crippen LogP contribution in [-0.4, -0.2) is 99.5 Å². The first-order valence-electron chi connectivity index (χ1n) is 12.4. The SMILES string of the molecule is COc1cc(C(=O)N(CC(=O)N2CCNCC2)CC(C)c2ccccc2)cc(OC)c1OC.O=C(O)C(F)(F)F. The minimum Gasteiger partial charge on any atom is -0.493 e. The Labute approximate surface area is 230 Å². The van der Waals surface area contributed by atoms with Crippen molar-refractivity contribution in [3.63, 3.8) is 0 Å². The monoisotopic (exact) mass is 569 g/mol. The topological polar surface area (TPSA) is 118 Å². The molecule has 3 rings (SSSR count). The van der Waals surface area contributed by atoms with E-state index in [2.05, 4.69) is 12.2 Å². The van der Waals surface area contributed by atoms with Crippen molar-refractivity contribution in [1.82, 2.24) is 15.1 Å². The van der Waals surface area contributed by atoms with Crippen LogP contribution in [0.3, 0.4) is 0 Å². The van der Waals surface area contributed by atoms with Crippen LogP contribution in [0.1, 0.15) is 28.8 Å². The van der Waals surface area contributed by atoms with Gasteiger partial charge in [-0.15, -0.1) is 0 Å². The van der Waals surface area contributed by atoms with Crippen LogP contribution in [0.25, 0.3) is 0 Å². The largest absolute Gasteiger partial charge is 0.493 e. The summed E-state index contributed by atoms with van der Waals surface area (Å²) >= 11 is 0. The quantitative estimate of drug-likeness (QED) is 0.474. The lowest BCUT2D eigenvalue weighted by atomic mass is 10.00. The van der Waals surface area contributed by atoms with E-state index in [1.807, 2.05) is 30.3 Å². The first-order chi connectivity index (χ1) is 18.9. The number of carboxylic acids is 1. The molecule has 1 atom stereocenters. The first-order valence-corrected chi connectivity index (χ1v) is 12.4. The molecular formula is C27H34F3N3O7. The molecule has 0 aromatic heterocycles. The summed E-state index contributed by atoms with van der Waals surface area (Å²) in [6, 6.07) is 13.2. The molecular weight excluding hydrogens is 535 g/mol. The van der Waals surface area contributed by atoms with E-state index in [1.165, 1.54) is 21.3 Å². The molecule has 1 unspecified atom stereocenters. The number of hydrogen-bond acceptors (Lipinski definition) is 7. The van der Waals surface area contributed by atoms with E-state index >= 15 is 0 Å². The molecule has 0 radical (unpaired) electrons. The van der Waals surface area contributed by atoms with Crippen LogP contribution in [-0.2, 0) is 9.59 Å². The number of hydrogen-bond donors (Lipinski definition) is 2. The van der Waals surface area contributed by atoms with Crippen molar-refractivity contribution in [3.05, 3.63) is 53.6 Å². The van der Waals surface area contributed by atoms with Gasteiger partial charge in [-0.25, -0.2) is 4.79 Å². The highest BCUT2D eigenvalue weighted by molar-refractivity contribution is 5.97. The number of nitrogens with one attached hydrogen (secondary N) is 1. The summed E-state index contributed by atoms with van der Waals surface area (Å²) in [6.07, 6.45) is -5.08. The van der Waals surface area contributed by atoms with E-state index in [-0.39, 0.29) is 24.3 Å². The molecule has 1 aliphatic heterocycles. The van der Waals surface area contributed by atoms with Gasteiger partial charge in [0.15, 0.2) is 11.5 Å². The zero-order valence-corrected chi connectivity index (χ0v) is 22.8. The van der Waals surface area contributed by atoms with Crippen molar-refractivity contribution in [1.29, 1.82) is 0 Å². The van der Waals surface area contributed by atoms with Gasteiger partial charge in [-0.05, 0) is 23.6 Å². The summed E-state index contributed by atoms with van der Waals surface area (Å²) in [5, 5.41) is 10.4. The molecule has 2 aromatic carbocycles. The predicted molar refractivity (Wildman–Crippen MR) is 140 cm³/mol. The summed E-state index contributed by atoms with van der Waals surface area (Å²) in [5.41, 5.74) is 1.48. The highest BCUT2D eigenvalue weighted by Gasteiger charge is 2.38. The minimum absolute atomic E-state index is 0.00661. The van der Waals surface area contributed by atoms with E-state index in [4.69, 9.17) is 24.1 Å². The second-order valence-electron chi connectivity index (χ2n) is 8.85. The Morgan fingerprint density at radius 3 is 1.98 bits per heavy atom. The second-order valence-corrected chi connectivity index (χ2v) is 8.85. The third-order valence-corrected chi connectivity index (χ3v) is 6.10. The number of aliphatic carboxylic acids is 1. The maximum atomic E-state index is 13.7. The Morgan fingerprint density at radius 2 is 1.52 bits per heavy atom. The number of amides is 2. The molecule has 40 heavy (non-hydrogen) atoms. The lowest BCUT2D eigenvalue weighted by Gasteiger charge is -2.32. The molecule has 0 aliphatic carbocycles. The van der Waals surface area contributed by atoms with Gasteiger partial charge in [0.05, 0.1) is 21.3 Å². The van der Waals surface area contributed by atoms with Crippen LogP contribution in [0.4, 0.5) is 13.2 Å². The van der Waals surface area contributed by atoms with E-state index in [1.54, 1.807) is 21.9 Å². The van der Waals surface area contributed by atoms with Gasteiger partial charge in [0.2, 0.25) is 11.7 Å². The van der Waals surface area contributed by atoms with Gasteiger partial charge in [0, 0.05) is 38.3 Å². The van der Waals surface area contributed by atoms with Crippen LogP contribution in [0, 0.1) is 0 Å². The molecule has 2 aromatic rings. The number of rotatable bonds is 9. The van der Waals surface area contributed by atoms with Gasteiger partial charge < -0.3 is 34.4 Å². The molecule has 0 bridgehead atoms. The number of ether oxygens (including phenoxy) is 3. The Morgan fingerprint density at radius 1 is 1.00 bits per heavy atom. The van der Waals surface area contributed by atoms with Gasteiger partial charge in [0.1, 0.15) is 6.54 Å². The number of methoxy groups -OCH3 is 3. The molecule has 0 saturated carbocycles. The minimum atomic E-state index is -5.08. The number of carbonyl (C=O) groups is 3. The fraction of sp³-hybridized carbons (Fsp3) is 0.444. The van der Waals surface area contributed by atoms with Crippen molar-refractivity contribution >= 4 is 17.8 Å². The summed E-state index contributed by atoms with van der Waals surface area (Å²) in [6.45, 7) is 5.25. The Kier molecular flexibility index (Phi) is 12.1. The van der Waals surface area contributed by atoms with Crippen molar-refractivity contribution in [2.75, 3.05) is 60.6 Å². The van der Waals surface area contributed by atoms with E-state index < -0.39 is 12.1 Å². The lowest BCUT2D eigenvalue weighted by molar-refractivity contribution is -0.192. The van der Waals surface area contributed by atoms with E-state index in [9.17, 15) is 22.8 Å². The fourth-order valence-electron chi connectivity index (χ4n) is 4.00. The third kappa shape index (κ3) is 9.04. The first kappa shape index (κ1) is 32.2. The average Bonchev–Trinajstić information content (AvgIpc) is 2.96. The number of carboxylic acid groups (broad SMARTS) is 1. The third-order valence-electron chi connectivity index (χ3n) is 6.10. The van der Waals surface area contributed by atoms with Crippen molar-refractivity contribution in [2.45, 2.75) is 19.0 Å². The molecule has 1 saturated heterocycles. The van der Waals surface area contributed by atoms with Crippen LogP contribution in [0.15, 0.2) is 42.5 Å². The molecule has 13 heteroatoms. The van der Waals surface area contributed by atoms with Crippen LogP contribution >= 0.6 is 0 Å². The molecule has 2 amide bonds. The van der Waals surface area contributed by atoms with Crippen LogP contribution in [0.5, 0.6) is 17.2 Å². The second kappa shape index (κ2) is 15.0. The average molecular weight is 570 g/mol. The van der Waals surface area contributed by atoms with E-state index in [0.29, 0.717) is 42.4 Å². The predicted octanol–water partition coefficient (Wildman–Crippen LogP) is 3.02. The van der Waals surface area contributed by atoms with Gasteiger partial charge in [0.25, 0.3) is 5.91 Å². The lowest BCUT2D eigenvalue weighted by Crippen LogP contribution is -2.50. The van der Waals surface area contributed by atoms with Crippen molar-refractivity contribution < 1.29 is 46.9 Å². The van der Waals surface area contributed by atoms with E-state index in [0.717, 1.165) is 18.7 Å².